The van der Waals surface area contributed by atoms with E-state index in [4.69, 9.17) is 5.26 Å². The molecule has 96 valence electrons. The number of rotatable bonds is 3. The van der Waals surface area contributed by atoms with E-state index in [2.05, 4.69) is 9.97 Å². The van der Waals surface area contributed by atoms with Gasteiger partial charge in [-0.2, -0.15) is 5.26 Å². The van der Waals surface area contributed by atoms with E-state index in [1.165, 1.54) is 17.8 Å². The highest BCUT2D eigenvalue weighted by Crippen LogP contribution is 2.22. The summed E-state index contributed by atoms with van der Waals surface area (Å²) in [4.78, 5) is 8.57. The fraction of sp³-hybridized carbons (Fsp3) is 0.214. The quantitative estimate of drug-likeness (QED) is 0.635. The fourth-order valence-electron chi connectivity index (χ4n) is 1.68. The number of hydrogen-bond donors (Lipinski definition) is 0. The predicted molar refractivity (Wildman–Crippen MR) is 72.2 cm³/mol. The van der Waals surface area contributed by atoms with Crippen LogP contribution in [-0.2, 0) is 5.75 Å². The Morgan fingerprint density at radius 3 is 2.58 bits per heavy atom. The molecule has 1 aromatic carbocycles. The summed E-state index contributed by atoms with van der Waals surface area (Å²) in [6.45, 7) is 3.80. The summed E-state index contributed by atoms with van der Waals surface area (Å²) in [5, 5.41) is 9.40. The normalized spacial score (nSPS) is 10.2. The summed E-state index contributed by atoms with van der Waals surface area (Å²) in [7, 11) is 0. The molecule has 0 aliphatic carbocycles. The van der Waals surface area contributed by atoms with Crippen LogP contribution in [0.1, 0.15) is 22.5 Å². The maximum atomic E-state index is 13.9. The first kappa shape index (κ1) is 13.5. The molecule has 0 saturated carbocycles. The topological polar surface area (TPSA) is 49.6 Å². The van der Waals surface area contributed by atoms with E-state index in [9.17, 15) is 4.39 Å². The van der Waals surface area contributed by atoms with Gasteiger partial charge in [0.15, 0.2) is 5.16 Å². The Bertz CT molecular complexity index is 629. The molecule has 0 saturated heterocycles. The minimum Gasteiger partial charge on any atom is -0.228 e. The Labute approximate surface area is 115 Å². The number of aromatic nitrogens is 2. The van der Waals surface area contributed by atoms with Gasteiger partial charge in [0.05, 0.1) is 5.56 Å². The first-order valence-electron chi connectivity index (χ1n) is 5.72. The lowest BCUT2D eigenvalue weighted by Crippen LogP contribution is -1.95. The van der Waals surface area contributed by atoms with Crippen molar-refractivity contribution < 1.29 is 4.39 Å². The summed E-state index contributed by atoms with van der Waals surface area (Å²) in [5.41, 5.74) is 2.34. The molecule has 0 unspecified atom stereocenters. The minimum absolute atomic E-state index is 0.0689. The van der Waals surface area contributed by atoms with Gasteiger partial charge in [-0.15, -0.1) is 0 Å². The zero-order valence-corrected chi connectivity index (χ0v) is 11.5. The van der Waals surface area contributed by atoms with Gasteiger partial charge in [-0.3, -0.25) is 0 Å². The van der Waals surface area contributed by atoms with Crippen molar-refractivity contribution in [3.05, 3.63) is 52.6 Å². The fourth-order valence-corrected chi connectivity index (χ4v) is 2.60. The molecule has 3 nitrogen and oxygen atoms in total. The van der Waals surface area contributed by atoms with Gasteiger partial charge in [-0.05, 0) is 31.5 Å². The standard InChI is InChI=1S/C14H12FN3S/c1-9-6-10(2)18-14(17-9)19-8-12-5-3-4-11(7-16)13(12)15/h3-6H,8H2,1-2H3. The van der Waals surface area contributed by atoms with Crippen LogP contribution in [0.25, 0.3) is 0 Å². The maximum Gasteiger partial charge on any atom is 0.188 e. The molecule has 2 aromatic rings. The highest BCUT2D eigenvalue weighted by Gasteiger charge is 2.09. The van der Waals surface area contributed by atoms with Crippen LogP contribution >= 0.6 is 11.8 Å². The lowest BCUT2D eigenvalue weighted by atomic mass is 10.1. The van der Waals surface area contributed by atoms with Gasteiger partial charge >= 0.3 is 0 Å². The van der Waals surface area contributed by atoms with Gasteiger partial charge < -0.3 is 0 Å². The second kappa shape index (κ2) is 5.81. The summed E-state index contributed by atoms with van der Waals surface area (Å²) in [6.07, 6.45) is 0. The van der Waals surface area contributed by atoms with Gasteiger partial charge in [0.1, 0.15) is 11.9 Å². The zero-order chi connectivity index (χ0) is 13.8. The lowest BCUT2D eigenvalue weighted by Gasteiger charge is -2.05. The smallest absolute Gasteiger partial charge is 0.188 e. The molecule has 0 radical (unpaired) electrons. The molecule has 1 heterocycles. The molecular formula is C14H12FN3S. The van der Waals surface area contributed by atoms with E-state index >= 15 is 0 Å². The third kappa shape index (κ3) is 3.30. The molecule has 1 aromatic heterocycles. The number of hydrogen-bond acceptors (Lipinski definition) is 4. The monoisotopic (exact) mass is 273 g/mol. The number of nitrogens with zero attached hydrogens (tertiary/aromatic N) is 3. The van der Waals surface area contributed by atoms with Crippen molar-refractivity contribution >= 4 is 11.8 Å². The average Bonchev–Trinajstić information content (AvgIpc) is 2.36. The summed E-state index contributed by atoms with van der Waals surface area (Å²) in [5.74, 6) is -0.0496. The van der Waals surface area contributed by atoms with Crippen molar-refractivity contribution in [2.24, 2.45) is 0 Å². The van der Waals surface area contributed by atoms with Gasteiger partial charge in [0.25, 0.3) is 0 Å². The molecule has 0 atom stereocenters. The first-order valence-corrected chi connectivity index (χ1v) is 6.71. The Hall–Kier alpha value is -1.93. The van der Waals surface area contributed by atoms with Gasteiger partial charge in [0, 0.05) is 17.1 Å². The van der Waals surface area contributed by atoms with Crippen LogP contribution in [0.2, 0.25) is 0 Å². The lowest BCUT2D eigenvalue weighted by molar-refractivity contribution is 0.613. The van der Waals surface area contributed by atoms with E-state index in [-0.39, 0.29) is 5.56 Å². The van der Waals surface area contributed by atoms with Crippen LogP contribution in [0.4, 0.5) is 4.39 Å². The molecule has 5 heteroatoms. The molecular weight excluding hydrogens is 261 g/mol. The molecule has 0 amide bonds. The van der Waals surface area contributed by atoms with Crippen molar-refractivity contribution in [3.8, 4) is 6.07 Å². The number of aryl methyl sites for hydroxylation is 2. The van der Waals surface area contributed by atoms with E-state index in [0.29, 0.717) is 16.5 Å². The second-order valence-electron chi connectivity index (χ2n) is 4.11. The predicted octanol–water partition coefficient (Wildman–Crippen LogP) is 3.40. The van der Waals surface area contributed by atoms with Crippen molar-refractivity contribution in [2.75, 3.05) is 0 Å². The molecule has 0 bridgehead atoms. The number of halogens is 1. The highest BCUT2D eigenvalue weighted by atomic mass is 32.2. The summed E-state index contributed by atoms with van der Waals surface area (Å²) >= 11 is 1.36. The molecule has 2 rings (SSSR count). The van der Waals surface area contributed by atoms with Crippen molar-refractivity contribution in [1.82, 2.24) is 9.97 Å². The number of nitriles is 1. The zero-order valence-electron chi connectivity index (χ0n) is 10.6. The SMILES string of the molecule is Cc1cc(C)nc(SCc2cccc(C#N)c2F)n1. The molecule has 0 aliphatic heterocycles. The maximum absolute atomic E-state index is 13.9. The van der Waals surface area contributed by atoms with Gasteiger partial charge in [-0.1, -0.05) is 23.9 Å². The van der Waals surface area contributed by atoms with Crippen molar-refractivity contribution in [2.45, 2.75) is 24.8 Å². The van der Waals surface area contributed by atoms with E-state index in [1.807, 2.05) is 26.0 Å². The summed E-state index contributed by atoms with van der Waals surface area (Å²) in [6, 6.07) is 8.55. The van der Waals surface area contributed by atoms with Crippen LogP contribution in [-0.4, -0.2) is 9.97 Å². The Kier molecular flexibility index (Phi) is 4.13. The molecule has 0 fully saturated rings. The second-order valence-corrected chi connectivity index (χ2v) is 5.05. The van der Waals surface area contributed by atoms with E-state index in [1.54, 1.807) is 12.1 Å². The van der Waals surface area contributed by atoms with Crippen molar-refractivity contribution in [3.63, 3.8) is 0 Å². The van der Waals surface area contributed by atoms with Crippen LogP contribution in [0.3, 0.4) is 0 Å². The Morgan fingerprint density at radius 2 is 1.95 bits per heavy atom. The largest absolute Gasteiger partial charge is 0.228 e. The van der Waals surface area contributed by atoms with Crippen LogP contribution in [0, 0.1) is 31.0 Å². The molecule has 0 aliphatic rings. The van der Waals surface area contributed by atoms with Crippen LogP contribution in [0.15, 0.2) is 29.4 Å². The average molecular weight is 273 g/mol. The molecule has 19 heavy (non-hydrogen) atoms. The molecule has 0 N–H and O–H groups in total. The van der Waals surface area contributed by atoms with Crippen LogP contribution in [0.5, 0.6) is 0 Å². The number of benzene rings is 1. The third-order valence-corrected chi connectivity index (χ3v) is 3.41. The first-order chi connectivity index (χ1) is 9.10. The highest BCUT2D eigenvalue weighted by molar-refractivity contribution is 7.98. The van der Waals surface area contributed by atoms with E-state index in [0.717, 1.165) is 11.4 Å². The minimum atomic E-state index is -0.457. The molecule has 0 spiro atoms. The Balaban J connectivity index is 2.17. The van der Waals surface area contributed by atoms with Crippen molar-refractivity contribution in [1.29, 1.82) is 5.26 Å². The van der Waals surface area contributed by atoms with E-state index < -0.39 is 5.82 Å². The Morgan fingerprint density at radius 1 is 1.26 bits per heavy atom. The third-order valence-electron chi connectivity index (χ3n) is 2.52. The summed E-state index contributed by atoms with van der Waals surface area (Å²) < 4.78 is 13.9. The van der Waals surface area contributed by atoms with Gasteiger partial charge in [0.2, 0.25) is 0 Å². The number of thioether (sulfide) groups is 1. The van der Waals surface area contributed by atoms with Gasteiger partial charge in [-0.25, -0.2) is 14.4 Å². The van der Waals surface area contributed by atoms with Crippen LogP contribution < -0.4 is 0 Å².